The number of hydrogen-bond acceptors (Lipinski definition) is 1. The monoisotopic (exact) mass is 254 g/mol. The number of fused-ring (bicyclic) bond motifs is 1. The fourth-order valence-electron chi connectivity index (χ4n) is 3.47. The van der Waals surface area contributed by atoms with Gasteiger partial charge >= 0.3 is 0 Å². The molecule has 0 amide bonds. The minimum absolute atomic E-state index is 0.244. The summed E-state index contributed by atoms with van der Waals surface area (Å²) in [4.78, 5) is 4.39. The average Bonchev–Trinajstić information content (AvgIpc) is 2.88. The van der Waals surface area contributed by atoms with Crippen LogP contribution in [0, 0.1) is 5.41 Å². The summed E-state index contributed by atoms with van der Waals surface area (Å²) in [7, 11) is 0. The van der Waals surface area contributed by atoms with Crippen molar-refractivity contribution in [1.82, 2.24) is 9.55 Å². The first-order valence-electron chi connectivity index (χ1n) is 7.10. The molecule has 2 aromatic rings. The first kappa shape index (κ1) is 12.5. The van der Waals surface area contributed by atoms with E-state index in [1.807, 2.05) is 12.5 Å². The zero-order valence-corrected chi connectivity index (χ0v) is 12.2. The van der Waals surface area contributed by atoms with Crippen molar-refractivity contribution in [2.75, 3.05) is 0 Å². The molecule has 1 atom stereocenters. The van der Waals surface area contributed by atoms with Crippen molar-refractivity contribution >= 4 is 0 Å². The Morgan fingerprint density at radius 3 is 2.74 bits per heavy atom. The van der Waals surface area contributed by atoms with E-state index in [1.54, 1.807) is 0 Å². The van der Waals surface area contributed by atoms with Crippen LogP contribution in [0.15, 0.2) is 36.8 Å². The summed E-state index contributed by atoms with van der Waals surface area (Å²) in [6.07, 6.45) is 5.16. The van der Waals surface area contributed by atoms with Crippen molar-refractivity contribution < 1.29 is 0 Å². The molecule has 100 valence electrons. The normalized spacial score (nSPS) is 20.8. The minimum Gasteiger partial charge on any atom is -0.326 e. The zero-order chi connectivity index (χ0) is 13.6. The molecule has 0 spiro atoms. The van der Waals surface area contributed by atoms with Crippen molar-refractivity contribution in [3.05, 3.63) is 53.6 Å². The van der Waals surface area contributed by atoms with Gasteiger partial charge in [-0.05, 0) is 28.9 Å². The van der Waals surface area contributed by atoms with Crippen LogP contribution in [-0.4, -0.2) is 9.55 Å². The summed E-state index contributed by atoms with van der Waals surface area (Å²) in [6, 6.07) is 9.25. The number of imidazole rings is 1. The van der Waals surface area contributed by atoms with Crippen LogP contribution >= 0.6 is 0 Å². The van der Waals surface area contributed by atoms with Gasteiger partial charge in [0, 0.05) is 11.9 Å². The van der Waals surface area contributed by atoms with E-state index in [9.17, 15) is 0 Å². The zero-order valence-electron chi connectivity index (χ0n) is 12.2. The van der Waals surface area contributed by atoms with Gasteiger partial charge in [-0.1, -0.05) is 52.0 Å². The topological polar surface area (TPSA) is 17.8 Å². The largest absolute Gasteiger partial charge is 0.326 e. The van der Waals surface area contributed by atoms with E-state index in [4.69, 9.17) is 0 Å². The summed E-state index contributed by atoms with van der Waals surface area (Å²) < 4.78 is 2.39. The molecule has 0 saturated carbocycles. The Hall–Kier alpha value is -1.57. The van der Waals surface area contributed by atoms with Gasteiger partial charge in [-0.25, -0.2) is 4.98 Å². The third kappa shape index (κ3) is 1.90. The lowest BCUT2D eigenvalue weighted by molar-refractivity contribution is 0.274. The van der Waals surface area contributed by atoms with Crippen molar-refractivity contribution in [3.63, 3.8) is 0 Å². The molecule has 0 bridgehead atoms. The summed E-state index contributed by atoms with van der Waals surface area (Å²) >= 11 is 0. The highest BCUT2D eigenvalue weighted by Gasteiger charge is 2.40. The minimum atomic E-state index is 0.244. The average molecular weight is 254 g/mol. The van der Waals surface area contributed by atoms with Gasteiger partial charge < -0.3 is 4.57 Å². The Labute approximate surface area is 115 Å². The lowest BCUT2D eigenvalue weighted by Gasteiger charge is -2.31. The van der Waals surface area contributed by atoms with E-state index in [1.165, 1.54) is 16.8 Å². The highest BCUT2D eigenvalue weighted by Crippen LogP contribution is 2.48. The van der Waals surface area contributed by atoms with Crippen molar-refractivity contribution in [2.45, 2.75) is 46.1 Å². The predicted octanol–water partition coefficient (Wildman–Crippen LogP) is 4.18. The van der Waals surface area contributed by atoms with Gasteiger partial charge in [0.05, 0.1) is 12.4 Å². The predicted molar refractivity (Wildman–Crippen MR) is 78.4 cm³/mol. The van der Waals surface area contributed by atoms with Crippen LogP contribution in [-0.2, 0) is 6.42 Å². The van der Waals surface area contributed by atoms with Gasteiger partial charge in [0.15, 0.2) is 0 Å². The Balaban J connectivity index is 2.15. The molecule has 1 heterocycles. The quantitative estimate of drug-likeness (QED) is 0.786. The SMILES string of the molecule is CC(C)c1cncn1C1c2ccccc2CC1(C)C. The van der Waals surface area contributed by atoms with Gasteiger partial charge in [0.25, 0.3) is 0 Å². The van der Waals surface area contributed by atoms with Crippen LogP contribution in [0.4, 0.5) is 0 Å². The fraction of sp³-hybridized carbons (Fsp3) is 0.471. The Kier molecular flexibility index (Phi) is 2.77. The second-order valence-corrected chi connectivity index (χ2v) is 6.65. The van der Waals surface area contributed by atoms with E-state index in [2.05, 4.69) is 61.5 Å². The molecule has 0 fully saturated rings. The van der Waals surface area contributed by atoms with Crippen molar-refractivity contribution in [2.24, 2.45) is 5.41 Å². The highest BCUT2D eigenvalue weighted by molar-refractivity contribution is 5.38. The Morgan fingerprint density at radius 1 is 1.26 bits per heavy atom. The summed E-state index contributed by atoms with van der Waals surface area (Å²) in [5.41, 5.74) is 4.52. The molecule has 1 aromatic carbocycles. The molecule has 1 aromatic heterocycles. The fourth-order valence-corrected chi connectivity index (χ4v) is 3.47. The molecule has 2 nitrogen and oxygen atoms in total. The molecule has 3 rings (SSSR count). The Bertz CT molecular complexity index is 593. The molecule has 2 heteroatoms. The number of hydrogen-bond donors (Lipinski definition) is 0. The molecule has 1 aliphatic rings. The maximum absolute atomic E-state index is 4.39. The molecule has 1 aliphatic carbocycles. The van der Waals surface area contributed by atoms with Crippen molar-refractivity contribution in [3.8, 4) is 0 Å². The number of aromatic nitrogens is 2. The Morgan fingerprint density at radius 2 is 2.00 bits per heavy atom. The summed E-state index contributed by atoms with van der Waals surface area (Å²) in [6.45, 7) is 9.20. The lowest BCUT2D eigenvalue weighted by atomic mass is 9.85. The molecular weight excluding hydrogens is 232 g/mol. The number of benzene rings is 1. The first-order chi connectivity index (χ1) is 9.00. The number of rotatable bonds is 2. The molecular formula is C17H22N2. The summed E-state index contributed by atoms with van der Waals surface area (Å²) in [5.74, 6) is 0.506. The van der Waals surface area contributed by atoms with E-state index >= 15 is 0 Å². The summed E-state index contributed by atoms with van der Waals surface area (Å²) in [5, 5.41) is 0. The van der Waals surface area contributed by atoms with Gasteiger partial charge in [-0.15, -0.1) is 0 Å². The van der Waals surface area contributed by atoms with Gasteiger partial charge in [0.2, 0.25) is 0 Å². The standard InChI is InChI=1S/C17H22N2/c1-12(2)15-10-18-11-19(15)16-14-8-6-5-7-13(14)9-17(16,3)4/h5-8,10-12,16H,9H2,1-4H3. The number of nitrogens with zero attached hydrogens (tertiary/aromatic N) is 2. The molecule has 1 unspecified atom stereocenters. The molecule has 0 radical (unpaired) electrons. The highest BCUT2D eigenvalue weighted by atomic mass is 15.1. The van der Waals surface area contributed by atoms with Gasteiger partial charge in [-0.3, -0.25) is 0 Å². The van der Waals surface area contributed by atoms with E-state index in [0.717, 1.165) is 6.42 Å². The van der Waals surface area contributed by atoms with Crippen LogP contribution in [0.25, 0.3) is 0 Å². The maximum atomic E-state index is 4.39. The van der Waals surface area contributed by atoms with E-state index in [-0.39, 0.29) is 5.41 Å². The molecule has 0 saturated heterocycles. The van der Waals surface area contributed by atoms with Crippen LogP contribution in [0.2, 0.25) is 0 Å². The van der Waals surface area contributed by atoms with Crippen LogP contribution in [0.5, 0.6) is 0 Å². The smallest absolute Gasteiger partial charge is 0.0954 e. The molecule has 19 heavy (non-hydrogen) atoms. The molecule has 0 N–H and O–H groups in total. The first-order valence-corrected chi connectivity index (χ1v) is 7.10. The van der Waals surface area contributed by atoms with E-state index < -0.39 is 0 Å². The second-order valence-electron chi connectivity index (χ2n) is 6.65. The van der Waals surface area contributed by atoms with Gasteiger partial charge in [-0.2, -0.15) is 0 Å². The lowest BCUT2D eigenvalue weighted by Crippen LogP contribution is -2.25. The van der Waals surface area contributed by atoms with Crippen LogP contribution < -0.4 is 0 Å². The maximum Gasteiger partial charge on any atom is 0.0954 e. The van der Waals surface area contributed by atoms with Crippen molar-refractivity contribution in [1.29, 1.82) is 0 Å². The second kappa shape index (κ2) is 4.22. The van der Waals surface area contributed by atoms with Crippen LogP contribution in [0.3, 0.4) is 0 Å². The van der Waals surface area contributed by atoms with E-state index in [0.29, 0.717) is 12.0 Å². The third-order valence-corrected chi connectivity index (χ3v) is 4.30. The van der Waals surface area contributed by atoms with Crippen LogP contribution in [0.1, 0.15) is 56.5 Å². The molecule has 0 aliphatic heterocycles. The van der Waals surface area contributed by atoms with Gasteiger partial charge in [0.1, 0.15) is 0 Å². The third-order valence-electron chi connectivity index (χ3n) is 4.30.